The molecule has 4 rings (SSSR count). The molecule has 0 bridgehead atoms. The maximum absolute atomic E-state index is 12.4. The molecule has 0 saturated carbocycles. The summed E-state index contributed by atoms with van der Waals surface area (Å²) in [7, 11) is 1.30. The fourth-order valence-corrected chi connectivity index (χ4v) is 4.03. The van der Waals surface area contributed by atoms with E-state index >= 15 is 0 Å². The molecule has 156 valence electrons. The molecule has 1 aliphatic heterocycles. The summed E-state index contributed by atoms with van der Waals surface area (Å²) in [5, 5.41) is 4.07. The number of hydrogen-bond acceptors (Lipinski definition) is 6. The first-order valence-corrected chi connectivity index (χ1v) is 10.5. The zero-order valence-electron chi connectivity index (χ0n) is 16.0. The molecule has 1 saturated heterocycles. The van der Waals surface area contributed by atoms with Gasteiger partial charge in [0.15, 0.2) is 5.17 Å². The van der Waals surface area contributed by atoms with E-state index in [0.717, 1.165) is 11.8 Å². The van der Waals surface area contributed by atoms with Gasteiger partial charge in [-0.1, -0.05) is 35.3 Å². The van der Waals surface area contributed by atoms with Gasteiger partial charge in [0.05, 0.1) is 28.3 Å². The Labute approximate surface area is 191 Å². The minimum atomic E-state index is -0.507. The minimum absolute atomic E-state index is 0.304. The average Bonchev–Trinajstić information content (AvgIpc) is 3.36. The third-order valence-electron chi connectivity index (χ3n) is 4.28. The van der Waals surface area contributed by atoms with Crippen molar-refractivity contribution >= 4 is 63.8 Å². The normalized spacial score (nSPS) is 16.0. The zero-order valence-corrected chi connectivity index (χ0v) is 18.3. The quantitative estimate of drug-likeness (QED) is 0.375. The van der Waals surface area contributed by atoms with Gasteiger partial charge < -0.3 is 14.5 Å². The molecule has 1 N–H and O–H groups in total. The van der Waals surface area contributed by atoms with E-state index in [1.54, 1.807) is 60.7 Å². The maximum atomic E-state index is 12.4. The molecule has 0 aliphatic carbocycles. The number of amides is 1. The van der Waals surface area contributed by atoms with Gasteiger partial charge >= 0.3 is 5.97 Å². The summed E-state index contributed by atoms with van der Waals surface area (Å²) in [5.74, 6) is 0.175. The van der Waals surface area contributed by atoms with Crippen LogP contribution in [0.2, 0.25) is 10.0 Å². The molecule has 3 aromatic rings. The highest BCUT2D eigenvalue weighted by Gasteiger charge is 2.25. The lowest BCUT2D eigenvalue weighted by Crippen LogP contribution is -2.19. The van der Waals surface area contributed by atoms with Gasteiger partial charge in [0.2, 0.25) is 0 Å². The predicted octanol–water partition coefficient (Wildman–Crippen LogP) is 5.93. The number of benzene rings is 2. The maximum Gasteiger partial charge on any atom is 0.340 e. The molecule has 1 amide bonds. The highest BCUT2D eigenvalue weighted by Crippen LogP contribution is 2.34. The Morgan fingerprint density at radius 3 is 2.77 bits per heavy atom. The molecular weight excluding hydrogens is 459 g/mol. The van der Waals surface area contributed by atoms with E-state index in [1.165, 1.54) is 7.11 Å². The van der Waals surface area contributed by atoms with Crippen LogP contribution in [0.3, 0.4) is 0 Å². The molecule has 6 nitrogen and oxygen atoms in total. The number of carbonyl (C=O) groups excluding carboxylic acids is 2. The number of carbonyl (C=O) groups is 2. The van der Waals surface area contributed by atoms with Crippen molar-refractivity contribution < 1.29 is 18.7 Å². The number of furan rings is 1. The smallest absolute Gasteiger partial charge is 0.340 e. The number of nitrogens with one attached hydrogen (secondary N) is 1. The monoisotopic (exact) mass is 472 g/mol. The van der Waals surface area contributed by atoms with Crippen LogP contribution in [0.15, 0.2) is 68.9 Å². The summed E-state index contributed by atoms with van der Waals surface area (Å²) in [6.45, 7) is 0. The Morgan fingerprint density at radius 2 is 1.97 bits per heavy atom. The number of ether oxygens (including phenoxy) is 1. The van der Waals surface area contributed by atoms with E-state index in [2.05, 4.69) is 10.3 Å². The molecule has 1 aliphatic rings. The molecule has 1 aromatic heterocycles. The number of para-hydroxylation sites is 1. The average molecular weight is 473 g/mol. The Morgan fingerprint density at radius 1 is 1.16 bits per heavy atom. The van der Waals surface area contributed by atoms with Crippen molar-refractivity contribution in [2.45, 2.75) is 0 Å². The molecular formula is C22H14Cl2N2O4S. The summed E-state index contributed by atoms with van der Waals surface area (Å²) in [6.07, 6.45) is 1.61. The first kappa shape index (κ1) is 21.2. The molecule has 0 atom stereocenters. The van der Waals surface area contributed by atoms with Crippen molar-refractivity contribution in [3.05, 3.63) is 80.9 Å². The van der Waals surface area contributed by atoms with Crippen LogP contribution < -0.4 is 5.32 Å². The Kier molecular flexibility index (Phi) is 6.18. The van der Waals surface area contributed by atoms with Gasteiger partial charge in [0, 0.05) is 16.7 Å². The fourth-order valence-electron chi connectivity index (χ4n) is 2.83. The third-order valence-corrected chi connectivity index (χ3v) is 5.75. The van der Waals surface area contributed by atoms with Crippen molar-refractivity contribution in [1.82, 2.24) is 5.32 Å². The molecule has 2 aromatic carbocycles. The van der Waals surface area contributed by atoms with Gasteiger partial charge in [0.25, 0.3) is 5.91 Å². The lowest BCUT2D eigenvalue weighted by atomic mass is 10.2. The molecule has 0 radical (unpaired) electrons. The van der Waals surface area contributed by atoms with Crippen LogP contribution in [0.25, 0.3) is 17.4 Å². The zero-order chi connectivity index (χ0) is 22.0. The van der Waals surface area contributed by atoms with Crippen molar-refractivity contribution in [2.24, 2.45) is 4.99 Å². The molecule has 31 heavy (non-hydrogen) atoms. The van der Waals surface area contributed by atoms with Crippen LogP contribution in [0.5, 0.6) is 0 Å². The molecule has 0 spiro atoms. The van der Waals surface area contributed by atoms with E-state index in [9.17, 15) is 9.59 Å². The van der Waals surface area contributed by atoms with E-state index in [0.29, 0.717) is 48.5 Å². The van der Waals surface area contributed by atoms with E-state index < -0.39 is 5.97 Å². The Hall–Kier alpha value is -3.00. The van der Waals surface area contributed by atoms with Crippen LogP contribution in [0.1, 0.15) is 16.1 Å². The van der Waals surface area contributed by atoms with Crippen molar-refractivity contribution in [1.29, 1.82) is 0 Å². The molecule has 2 heterocycles. The summed E-state index contributed by atoms with van der Waals surface area (Å²) in [6, 6.07) is 15.3. The van der Waals surface area contributed by atoms with Gasteiger partial charge in [-0.2, -0.15) is 0 Å². The van der Waals surface area contributed by atoms with Gasteiger partial charge in [-0.15, -0.1) is 0 Å². The summed E-state index contributed by atoms with van der Waals surface area (Å²) in [5.41, 5.74) is 1.36. The lowest BCUT2D eigenvalue weighted by Gasteiger charge is -2.03. The second kappa shape index (κ2) is 9.01. The number of halogens is 2. The number of aliphatic imine (C=N–C) groups is 1. The van der Waals surface area contributed by atoms with Gasteiger partial charge in [-0.25, -0.2) is 9.79 Å². The summed E-state index contributed by atoms with van der Waals surface area (Å²) >= 11 is 13.4. The van der Waals surface area contributed by atoms with Crippen molar-refractivity contribution in [3.8, 4) is 11.3 Å². The van der Waals surface area contributed by atoms with Crippen LogP contribution in [-0.2, 0) is 9.53 Å². The van der Waals surface area contributed by atoms with E-state index in [4.69, 9.17) is 32.4 Å². The summed E-state index contributed by atoms with van der Waals surface area (Å²) < 4.78 is 10.6. The lowest BCUT2D eigenvalue weighted by molar-refractivity contribution is -0.115. The van der Waals surface area contributed by atoms with Crippen LogP contribution in [0.4, 0.5) is 5.69 Å². The SMILES string of the molecule is COC(=O)c1ccccc1N=C1NC(=O)/C(=C\c2ccc(-c3cc(Cl)ccc3Cl)o2)S1. The Balaban J connectivity index is 1.59. The van der Waals surface area contributed by atoms with Crippen LogP contribution in [0, 0.1) is 0 Å². The number of hydrogen-bond donors (Lipinski definition) is 1. The highest BCUT2D eigenvalue weighted by atomic mass is 35.5. The number of methoxy groups -OCH3 is 1. The largest absolute Gasteiger partial charge is 0.465 e. The first-order chi connectivity index (χ1) is 14.9. The fraction of sp³-hybridized carbons (Fsp3) is 0.0455. The number of thioether (sulfide) groups is 1. The highest BCUT2D eigenvalue weighted by molar-refractivity contribution is 8.18. The van der Waals surface area contributed by atoms with Gasteiger partial charge in [0.1, 0.15) is 11.5 Å². The van der Waals surface area contributed by atoms with Crippen LogP contribution >= 0.6 is 35.0 Å². The number of rotatable bonds is 4. The predicted molar refractivity (Wildman–Crippen MR) is 123 cm³/mol. The second-order valence-electron chi connectivity index (χ2n) is 6.32. The number of amidine groups is 1. The first-order valence-electron chi connectivity index (χ1n) is 8.97. The van der Waals surface area contributed by atoms with E-state index in [1.807, 2.05) is 0 Å². The molecule has 9 heteroatoms. The number of esters is 1. The minimum Gasteiger partial charge on any atom is -0.465 e. The summed E-state index contributed by atoms with van der Waals surface area (Å²) in [4.78, 5) is 29.1. The number of nitrogens with zero attached hydrogens (tertiary/aromatic N) is 1. The van der Waals surface area contributed by atoms with E-state index in [-0.39, 0.29) is 5.91 Å². The Bertz CT molecular complexity index is 1250. The second-order valence-corrected chi connectivity index (χ2v) is 8.19. The third kappa shape index (κ3) is 4.69. The van der Waals surface area contributed by atoms with Crippen molar-refractivity contribution in [2.75, 3.05) is 7.11 Å². The standard InChI is InChI=1S/C22H14Cl2N2O4S/c1-29-21(28)14-4-2-3-5-17(14)25-22-26-20(27)19(31-22)11-13-7-9-18(30-13)15-10-12(23)6-8-16(15)24/h2-11H,1H3,(H,25,26,27)/b19-11+. The van der Waals surface area contributed by atoms with Gasteiger partial charge in [-0.05, 0) is 54.2 Å². The van der Waals surface area contributed by atoms with Crippen molar-refractivity contribution in [3.63, 3.8) is 0 Å². The topological polar surface area (TPSA) is 80.9 Å². The molecule has 1 fully saturated rings. The molecule has 0 unspecified atom stereocenters. The van der Waals surface area contributed by atoms with Gasteiger partial charge in [-0.3, -0.25) is 4.79 Å². The van der Waals surface area contributed by atoms with Crippen LogP contribution in [-0.4, -0.2) is 24.2 Å².